The highest BCUT2D eigenvalue weighted by molar-refractivity contribution is 7.90. The molecule has 5 rings (SSSR count). The molecule has 1 aliphatic rings. The summed E-state index contributed by atoms with van der Waals surface area (Å²) in [7, 11) is -1.96. The minimum absolute atomic E-state index is 0.0392. The van der Waals surface area contributed by atoms with Crippen LogP contribution in [-0.4, -0.2) is 57.5 Å². The quantitative estimate of drug-likeness (QED) is 0.354. The topological polar surface area (TPSA) is 79.8 Å². The highest BCUT2D eigenvalue weighted by Crippen LogP contribution is 2.29. The Hall–Kier alpha value is -3.91. The Labute approximate surface area is 223 Å². The van der Waals surface area contributed by atoms with Crippen LogP contribution in [0, 0.1) is 6.92 Å². The molecule has 1 fully saturated rings. The molecule has 0 spiro atoms. The summed E-state index contributed by atoms with van der Waals surface area (Å²) in [6.07, 6.45) is 2.45. The molecule has 1 aromatic heterocycles. The third kappa shape index (κ3) is 5.22. The van der Waals surface area contributed by atoms with Crippen molar-refractivity contribution in [3.05, 3.63) is 95.7 Å². The molecule has 0 unspecified atom stereocenters. The number of amides is 1. The van der Waals surface area contributed by atoms with Gasteiger partial charge in [-0.1, -0.05) is 36.4 Å². The van der Waals surface area contributed by atoms with E-state index < -0.39 is 9.84 Å². The van der Waals surface area contributed by atoms with Crippen molar-refractivity contribution in [2.24, 2.45) is 0 Å². The van der Waals surface area contributed by atoms with Crippen LogP contribution in [0.3, 0.4) is 0 Å². The Morgan fingerprint density at radius 3 is 2.58 bits per heavy atom. The zero-order chi connectivity index (χ0) is 26.7. The fourth-order valence-electron chi connectivity index (χ4n) is 5.04. The SMILES string of the molecule is COc1ccccc1N1CCCN(C(=O)c2ccc(CS(=O)(=O)c3cccc4cccnc34)c(C)c2)CC1. The van der Waals surface area contributed by atoms with Crippen molar-refractivity contribution in [3.63, 3.8) is 0 Å². The molecule has 0 bridgehead atoms. The van der Waals surface area contributed by atoms with Gasteiger partial charge in [-0.15, -0.1) is 0 Å². The number of sulfone groups is 1. The lowest BCUT2D eigenvalue weighted by Gasteiger charge is -2.25. The number of rotatable bonds is 6. The molecule has 0 aliphatic carbocycles. The highest BCUT2D eigenvalue weighted by Gasteiger charge is 2.24. The van der Waals surface area contributed by atoms with E-state index in [0.717, 1.165) is 35.4 Å². The Kier molecular flexibility index (Phi) is 7.33. The number of ether oxygens (including phenoxy) is 1. The fraction of sp³-hybridized carbons (Fsp3) is 0.267. The van der Waals surface area contributed by atoms with Gasteiger partial charge in [0.1, 0.15) is 5.75 Å². The van der Waals surface area contributed by atoms with E-state index in [1.54, 1.807) is 49.7 Å². The molecule has 1 amide bonds. The molecular weight excluding hydrogens is 498 g/mol. The maximum Gasteiger partial charge on any atom is 0.253 e. The third-order valence-electron chi connectivity index (χ3n) is 7.07. The fourth-order valence-corrected chi connectivity index (χ4v) is 6.68. The summed E-state index contributed by atoms with van der Waals surface area (Å²) in [6, 6.07) is 22.1. The summed E-state index contributed by atoms with van der Waals surface area (Å²) < 4.78 is 32.2. The molecule has 2 heterocycles. The number of nitrogens with zero attached hydrogens (tertiary/aromatic N) is 3. The number of anilines is 1. The van der Waals surface area contributed by atoms with Gasteiger partial charge in [-0.3, -0.25) is 9.78 Å². The molecule has 1 saturated heterocycles. The number of aromatic nitrogens is 1. The number of aryl methyl sites for hydroxylation is 1. The van der Waals surface area contributed by atoms with Crippen molar-refractivity contribution >= 4 is 32.3 Å². The van der Waals surface area contributed by atoms with Gasteiger partial charge < -0.3 is 14.5 Å². The van der Waals surface area contributed by atoms with Gasteiger partial charge in [0, 0.05) is 43.3 Å². The summed E-state index contributed by atoms with van der Waals surface area (Å²) in [5, 5.41) is 0.785. The first-order valence-electron chi connectivity index (χ1n) is 12.7. The molecule has 0 radical (unpaired) electrons. The Morgan fingerprint density at radius 2 is 1.76 bits per heavy atom. The summed E-state index contributed by atoms with van der Waals surface area (Å²) in [5.74, 6) is 0.635. The van der Waals surface area contributed by atoms with Crippen LogP contribution in [-0.2, 0) is 15.6 Å². The van der Waals surface area contributed by atoms with Gasteiger partial charge in [0.2, 0.25) is 0 Å². The summed E-state index contributed by atoms with van der Waals surface area (Å²) in [6.45, 7) is 4.66. The number of benzene rings is 3. The minimum Gasteiger partial charge on any atom is -0.495 e. The first-order valence-corrected chi connectivity index (χ1v) is 14.4. The van der Waals surface area contributed by atoms with Crippen LogP contribution in [0.25, 0.3) is 10.9 Å². The predicted molar refractivity (Wildman–Crippen MR) is 150 cm³/mol. The molecule has 196 valence electrons. The van der Waals surface area contributed by atoms with Crippen LogP contribution >= 0.6 is 0 Å². The maximum absolute atomic E-state index is 13.4. The molecule has 3 aromatic carbocycles. The van der Waals surface area contributed by atoms with Crippen molar-refractivity contribution in [2.75, 3.05) is 38.2 Å². The van der Waals surface area contributed by atoms with Crippen LogP contribution in [0.15, 0.2) is 83.9 Å². The Bertz CT molecular complexity index is 1580. The standard InChI is InChI=1S/C30H31N3O4S/c1-22-20-24(30(34)33-17-7-16-32(18-19-33)26-10-3-4-11-27(26)37-2)13-14-25(22)21-38(35,36)28-12-5-8-23-9-6-15-31-29(23)28/h3-6,8-15,20H,7,16-19,21H2,1-2H3. The highest BCUT2D eigenvalue weighted by atomic mass is 32.2. The lowest BCUT2D eigenvalue weighted by Crippen LogP contribution is -2.35. The number of hydrogen-bond acceptors (Lipinski definition) is 6. The third-order valence-corrected chi connectivity index (χ3v) is 8.77. The van der Waals surface area contributed by atoms with Crippen LogP contribution in [0.1, 0.15) is 27.9 Å². The summed E-state index contributed by atoms with van der Waals surface area (Å²) >= 11 is 0. The minimum atomic E-state index is -3.63. The molecular formula is C30H31N3O4S. The number of carbonyl (C=O) groups excluding carboxylic acids is 1. The van der Waals surface area contributed by atoms with Crippen LogP contribution in [0.2, 0.25) is 0 Å². The molecule has 0 atom stereocenters. The number of carbonyl (C=O) groups is 1. The van der Waals surface area contributed by atoms with E-state index >= 15 is 0 Å². The zero-order valence-electron chi connectivity index (χ0n) is 21.6. The zero-order valence-corrected chi connectivity index (χ0v) is 22.4. The molecule has 4 aromatic rings. The first-order chi connectivity index (χ1) is 18.4. The van der Waals surface area contributed by atoms with Gasteiger partial charge in [-0.2, -0.15) is 0 Å². The number of fused-ring (bicyclic) bond motifs is 1. The summed E-state index contributed by atoms with van der Waals surface area (Å²) in [5.41, 5.74) is 3.53. The maximum atomic E-state index is 13.4. The van der Waals surface area contributed by atoms with Crippen LogP contribution < -0.4 is 9.64 Å². The van der Waals surface area contributed by atoms with Crippen molar-refractivity contribution in [2.45, 2.75) is 24.0 Å². The van der Waals surface area contributed by atoms with Crippen molar-refractivity contribution in [1.29, 1.82) is 0 Å². The lowest BCUT2D eigenvalue weighted by atomic mass is 10.1. The molecule has 1 aliphatic heterocycles. The van der Waals surface area contributed by atoms with Crippen LogP contribution in [0.4, 0.5) is 5.69 Å². The smallest absolute Gasteiger partial charge is 0.253 e. The van der Waals surface area contributed by atoms with E-state index in [0.29, 0.717) is 36.3 Å². The normalized spacial score (nSPS) is 14.4. The van der Waals surface area contributed by atoms with Crippen molar-refractivity contribution in [1.82, 2.24) is 9.88 Å². The van der Waals surface area contributed by atoms with Crippen molar-refractivity contribution in [3.8, 4) is 5.75 Å². The second-order valence-corrected chi connectivity index (χ2v) is 11.5. The van der Waals surface area contributed by atoms with Crippen molar-refractivity contribution < 1.29 is 17.9 Å². The number of methoxy groups -OCH3 is 1. The average Bonchev–Trinajstić information content (AvgIpc) is 3.19. The average molecular weight is 530 g/mol. The largest absolute Gasteiger partial charge is 0.495 e. The molecule has 0 saturated carbocycles. The summed E-state index contributed by atoms with van der Waals surface area (Å²) in [4.78, 5) is 22.1. The molecule has 38 heavy (non-hydrogen) atoms. The predicted octanol–water partition coefficient (Wildman–Crippen LogP) is 4.88. The Morgan fingerprint density at radius 1 is 0.947 bits per heavy atom. The van der Waals surface area contributed by atoms with Gasteiger partial charge in [0.25, 0.3) is 5.91 Å². The molecule has 0 N–H and O–H groups in total. The van der Waals surface area contributed by atoms with E-state index in [-0.39, 0.29) is 16.6 Å². The molecule has 8 heteroatoms. The molecule has 7 nitrogen and oxygen atoms in total. The van der Waals surface area contributed by atoms with Gasteiger partial charge >= 0.3 is 0 Å². The number of pyridine rings is 1. The monoisotopic (exact) mass is 529 g/mol. The van der Waals surface area contributed by atoms with Crippen LogP contribution in [0.5, 0.6) is 5.75 Å². The van der Waals surface area contributed by atoms with E-state index in [1.165, 1.54) is 0 Å². The lowest BCUT2D eigenvalue weighted by molar-refractivity contribution is 0.0767. The second-order valence-electron chi connectivity index (χ2n) is 9.54. The second kappa shape index (κ2) is 10.8. The van der Waals surface area contributed by atoms with Gasteiger partial charge in [-0.05, 0) is 60.9 Å². The van der Waals surface area contributed by atoms with E-state index in [2.05, 4.69) is 9.88 Å². The van der Waals surface area contributed by atoms with Gasteiger partial charge in [0.05, 0.1) is 29.0 Å². The van der Waals surface area contributed by atoms with Gasteiger partial charge in [0.15, 0.2) is 9.84 Å². The number of hydrogen-bond donors (Lipinski definition) is 0. The first kappa shape index (κ1) is 25.7. The Balaban J connectivity index is 1.31. The van der Waals surface area contributed by atoms with E-state index in [9.17, 15) is 13.2 Å². The van der Waals surface area contributed by atoms with E-state index in [4.69, 9.17) is 4.74 Å². The van der Waals surface area contributed by atoms with Gasteiger partial charge in [-0.25, -0.2) is 8.42 Å². The number of para-hydroxylation sites is 3. The van der Waals surface area contributed by atoms with E-state index in [1.807, 2.05) is 48.2 Å².